The van der Waals surface area contributed by atoms with Crippen molar-refractivity contribution in [1.82, 2.24) is 19.7 Å². The lowest BCUT2D eigenvalue weighted by Crippen LogP contribution is -1.98. The quantitative estimate of drug-likeness (QED) is 0.600. The summed E-state index contributed by atoms with van der Waals surface area (Å²) in [7, 11) is 0. The van der Waals surface area contributed by atoms with Crippen molar-refractivity contribution in [3.05, 3.63) is 59.1 Å². The molecule has 24 heavy (non-hydrogen) atoms. The number of anilines is 1. The fourth-order valence-corrected chi connectivity index (χ4v) is 3.23. The highest BCUT2D eigenvalue weighted by Crippen LogP contribution is 2.27. The van der Waals surface area contributed by atoms with Crippen molar-refractivity contribution in [2.45, 2.75) is 6.54 Å². The second-order valence-electron chi connectivity index (χ2n) is 5.27. The van der Waals surface area contributed by atoms with E-state index < -0.39 is 5.82 Å². The van der Waals surface area contributed by atoms with E-state index in [1.165, 1.54) is 17.4 Å². The van der Waals surface area contributed by atoms with Gasteiger partial charge in [0.1, 0.15) is 10.8 Å². The van der Waals surface area contributed by atoms with Crippen LogP contribution in [0.4, 0.5) is 9.52 Å². The Labute approximate surface area is 145 Å². The monoisotopic (exact) mass is 359 g/mol. The Hall–Kier alpha value is -2.51. The minimum absolute atomic E-state index is 0.121. The van der Waals surface area contributed by atoms with Crippen molar-refractivity contribution in [3.8, 4) is 10.6 Å². The molecule has 120 valence electrons. The van der Waals surface area contributed by atoms with Crippen molar-refractivity contribution < 1.29 is 4.39 Å². The van der Waals surface area contributed by atoms with Gasteiger partial charge in [-0.05, 0) is 35.9 Å². The van der Waals surface area contributed by atoms with Gasteiger partial charge in [-0.2, -0.15) is 0 Å². The molecule has 0 aliphatic rings. The molecule has 0 radical (unpaired) electrons. The third kappa shape index (κ3) is 2.72. The van der Waals surface area contributed by atoms with Gasteiger partial charge in [0, 0.05) is 12.1 Å². The SMILES string of the molecule is Nc1nnc(-c2ccc3c(c2)ncn3Cc2ccc(Cl)c(F)c2)s1. The summed E-state index contributed by atoms with van der Waals surface area (Å²) in [6.07, 6.45) is 1.73. The largest absolute Gasteiger partial charge is 0.374 e. The summed E-state index contributed by atoms with van der Waals surface area (Å²) >= 11 is 7.05. The molecule has 0 saturated carbocycles. The molecule has 2 heterocycles. The summed E-state index contributed by atoms with van der Waals surface area (Å²) in [4.78, 5) is 4.42. The van der Waals surface area contributed by atoms with E-state index in [2.05, 4.69) is 15.2 Å². The smallest absolute Gasteiger partial charge is 0.203 e. The maximum atomic E-state index is 13.6. The number of aromatic nitrogens is 4. The zero-order valence-electron chi connectivity index (χ0n) is 12.3. The first-order valence-corrected chi connectivity index (χ1v) is 8.28. The first-order chi connectivity index (χ1) is 11.6. The molecule has 0 unspecified atom stereocenters. The van der Waals surface area contributed by atoms with Crippen LogP contribution in [0.25, 0.3) is 21.6 Å². The van der Waals surface area contributed by atoms with Gasteiger partial charge < -0.3 is 10.3 Å². The average Bonchev–Trinajstić information content (AvgIpc) is 3.17. The van der Waals surface area contributed by atoms with Crippen LogP contribution < -0.4 is 5.73 Å². The highest BCUT2D eigenvalue weighted by Gasteiger charge is 2.09. The second kappa shape index (κ2) is 5.85. The predicted octanol–water partition coefficient (Wildman–Crippen LogP) is 3.98. The number of halogens is 2. The predicted molar refractivity (Wildman–Crippen MR) is 93.6 cm³/mol. The van der Waals surface area contributed by atoms with Crippen LogP contribution in [0, 0.1) is 5.82 Å². The number of imidazole rings is 1. The minimum Gasteiger partial charge on any atom is -0.374 e. The number of rotatable bonds is 3. The Morgan fingerprint density at radius 2 is 2.04 bits per heavy atom. The Balaban J connectivity index is 1.68. The number of nitrogen functional groups attached to an aromatic ring is 1. The van der Waals surface area contributed by atoms with E-state index in [0.717, 1.165) is 27.2 Å². The maximum absolute atomic E-state index is 13.6. The summed E-state index contributed by atoms with van der Waals surface area (Å²) in [6, 6.07) is 10.6. The van der Waals surface area contributed by atoms with Crippen LogP contribution in [0.15, 0.2) is 42.7 Å². The number of hydrogen-bond acceptors (Lipinski definition) is 5. The molecular formula is C16H11ClFN5S. The zero-order valence-corrected chi connectivity index (χ0v) is 13.9. The van der Waals surface area contributed by atoms with Gasteiger partial charge in [0.05, 0.1) is 22.4 Å². The topological polar surface area (TPSA) is 69.6 Å². The van der Waals surface area contributed by atoms with Crippen molar-refractivity contribution in [1.29, 1.82) is 0 Å². The Kier molecular flexibility index (Phi) is 3.66. The molecule has 0 saturated heterocycles. The highest BCUT2D eigenvalue weighted by atomic mass is 35.5. The molecule has 4 aromatic rings. The van der Waals surface area contributed by atoms with E-state index in [1.807, 2.05) is 22.8 Å². The first kappa shape index (κ1) is 15.0. The lowest BCUT2D eigenvalue weighted by molar-refractivity contribution is 0.624. The zero-order chi connectivity index (χ0) is 16.7. The third-order valence-electron chi connectivity index (χ3n) is 3.65. The van der Waals surface area contributed by atoms with Gasteiger partial charge in [-0.15, -0.1) is 10.2 Å². The van der Waals surface area contributed by atoms with Gasteiger partial charge in [-0.3, -0.25) is 0 Å². The van der Waals surface area contributed by atoms with Crippen LogP contribution in [-0.2, 0) is 6.54 Å². The number of hydrogen-bond donors (Lipinski definition) is 1. The van der Waals surface area contributed by atoms with Gasteiger partial charge >= 0.3 is 0 Å². The first-order valence-electron chi connectivity index (χ1n) is 7.08. The molecule has 8 heteroatoms. The number of nitrogens with two attached hydrogens (primary N) is 1. The molecule has 0 bridgehead atoms. The van der Waals surface area contributed by atoms with Gasteiger partial charge in [0.25, 0.3) is 0 Å². The third-order valence-corrected chi connectivity index (χ3v) is 4.75. The summed E-state index contributed by atoms with van der Waals surface area (Å²) < 4.78 is 15.5. The molecule has 0 atom stereocenters. The van der Waals surface area contributed by atoms with E-state index in [4.69, 9.17) is 17.3 Å². The van der Waals surface area contributed by atoms with Crippen LogP contribution in [-0.4, -0.2) is 19.7 Å². The Bertz CT molecular complexity index is 1040. The normalized spacial score (nSPS) is 11.2. The van der Waals surface area contributed by atoms with Crippen LogP contribution in [0.1, 0.15) is 5.56 Å². The van der Waals surface area contributed by atoms with Crippen LogP contribution in [0.5, 0.6) is 0 Å². The Morgan fingerprint density at radius 1 is 1.17 bits per heavy atom. The average molecular weight is 360 g/mol. The van der Waals surface area contributed by atoms with Crippen molar-refractivity contribution >= 4 is 39.1 Å². The fourth-order valence-electron chi connectivity index (χ4n) is 2.51. The molecule has 0 aliphatic heterocycles. The van der Waals surface area contributed by atoms with Crippen molar-refractivity contribution in [2.24, 2.45) is 0 Å². The van der Waals surface area contributed by atoms with Gasteiger partial charge in [-0.1, -0.05) is 29.0 Å². The van der Waals surface area contributed by atoms with E-state index in [-0.39, 0.29) is 5.02 Å². The molecule has 4 rings (SSSR count). The van der Waals surface area contributed by atoms with Gasteiger partial charge in [0.15, 0.2) is 0 Å². The maximum Gasteiger partial charge on any atom is 0.203 e. The van der Waals surface area contributed by atoms with E-state index in [1.54, 1.807) is 18.5 Å². The molecule has 0 amide bonds. The lowest BCUT2D eigenvalue weighted by Gasteiger charge is -2.06. The standard InChI is InChI=1S/C16H11ClFN5S/c17-11-3-1-9(5-12(11)18)7-23-8-20-13-6-10(2-4-14(13)23)15-21-22-16(19)24-15/h1-6,8H,7H2,(H2,19,22). The number of nitrogens with zero attached hydrogens (tertiary/aromatic N) is 4. The van der Waals surface area contributed by atoms with E-state index in [9.17, 15) is 4.39 Å². The Morgan fingerprint density at radius 3 is 2.79 bits per heavy atom. The molecular weight excluding hydrogens is 349 g/mol. The van der Waals surface area contributed by atoms with Crippen LogP contribution in [0.3, 0.4) is 0 Å². The molecule has 5 nitrogen and oxygen atoms in total. The van der Waals surface area contributed by atoms with Crippen LogP contribution in [0.2, 0.25) is 5.02 Å². The number of fused-ring (bicyclic) bond motifs is 1. The van der Waals surface area contributed by atoms with Gasteiger partial charge in [0.2, 0.25) is 5.13 Å². The molecule has 0 spiro atoms. The summed E-state index contributed by atoms with van der Waals surface area (Å²) in [5.41, 5.74) is 9.14. The lowest BCUT2D eigenvalue weighted by atomic mass is 10.2. The van der Waals surface area contributed by atoms with Crippen molar-refractivity contribution in [3.63, 3.8) is 0 Å². The fraction of sp³-hybridized carbons (Fsp3) is 0.0625. The summed E-state index contributed by atoms with van der Waals surface area (Å²) in [6.45, 7) is 0.510. The molecule has 2 aromatic heterocycles. The summed E-state index contributed by atoms with van der Waals surface area (Å²) in [5.74, 6) is -0.422. The number of benzene rings is 2. The van der Waals surface area contributed by atoms with Crippen LogP contribution >= 0.6 is 22.9 Å². The molecule has 0 aliphatic carbocycles. The molecule has 2 N–H and O–H groups in total. The highest BCUT2D eigenvalue weighted by molar-refractivity contribution is 7.18. The van der Waals surface area contributed by atoms with E-state index >= 15 is 0 Å². The molecule has 2 aromatic carbocycles. The van der Waals surface area contributed by atoms with E-state index in [0.29, 0.717) is 11.7 Å². The second-order valence-corrected chi connectivity index (χ2v) is 6.69. The minimum atomic E-state index is -0.422. The van der Waals surface area contributed by atoms with Gasteiger partial charge in [-0.25, -0.2) is 9.37 Å². The molecule has 0 fully saturated rings. The van der Waals surface area contributed by atoms with Crippen molar-refractivity contribution in [2.75, 3.05) is 5.73 Å². The summed E-state index contributed by atoms with van der Waals surface area (Å²) in [5, 5.41) is 9.17.